The second-order valence-corrected chi connectivity index (χ2v) is 0.585. The van der Waals surface area contributed by atoms with Crippen LogP contribution < -0.4 is 0 Å². The zero-order valence-corrected chi connectivity index (χ0v) is 3.22. The topological polar surface area (TPSA) is 35.5 Å². The summed E-state index contributed by atoms with van der Waals surface area (Å²) in [6.45, 7) is 0.231. The molecule has 0 heterocycles. The first kappa shape index (κ1) is 5.43. The lowest BCUT2D eigenvalue weighted by atomic mass is 11.3. The van der Waals surface area contributed by atoms with Gasteiger partial charge < -0.3 is 9.47 Å². The van der Waals surface area contributed by atoms with Crippen molar-refractivity contribution in [2.45, 2.75) is 0 Å². The highest BCUT2D eigenvalue weighted by Gasteiger charge is 1.70. The molecule has 0 aliphatic heterocycles. The van der Waals surface area contributed by atoms with Crippen molar-refractivity contribution in [2.24, 2.45) is 0 Å². The molecule has 0 amide bonds. The predicted octanol–water partition coefficient (Wildman–Crippen LogP) is -0.0749. The summed E-state index contributed by atoms with van der Waals surface area (Å²) in [5.41, 5.74) is 0. The average molecular weight is 89.1 g/mol. The molecule has 0 aromatic heterocycles. The summed E-state index contributed by atoms with van der Waals surface area (Å²) in [5, 5.41) is 0. The predicted molar refractivity (Wildman–Crippen MR) is 18.5 cm³/mol. The molecule has 3 nitrogen and oxygen atoms in total. The molecule has 3 heteroatoms. The quantitative estimate of drug-likeness (QED) is 0.276. The van der Waals surface area contributed by atoms with E-state index in [2.05, 4.69) is 16.6 Å². The van der Waals surface area contributed by atoms with Gasteiger partial charge in [0, 0.05) is 0 Å². The maximum absolute atomic E-state index is 9.23. The summed E-state index contributed by atoms with van der Waals surface area (Å²) < 4.78 is 8.10. The van der Waals surface area contributed by atoms with E-state index in [4.69, 9.17) is 0 Å². The fourth-order valence-electron chi connectivity index (χ4n) is 0.0759. The van der Waals surface area contributed by atoms with Gasteiger partial charge in [0.2, 0.25) is 0 Å². The number of carbonyl (C=O) groups excluding carboxylic acids is 1. The van der Waals surface area contributed by atoms with Crippen molar-refractivity contribution in [3.05, 3.63) is 7.11 Å². The third-order valence-corrected chi connectivity index (χ3v) is 0.219. The number of ether oxygens (including phenoxy) is 2. The molecule has 35 valence electrons. The monoisotopic (exact) mass is 89.0 g/mol. The van der Waals surface area contributed by atoms with Crippen molar-refractivity contribution in [3.63, 3.8) is 0 Å². The number of hydrogen-bond donors (Lipinski definition) is 0. The van der Waals surface area contributed by atoms with Gasteiger partial charge in [-0.3, -0.25) is 4.79 Å². The minimum absolute atomic E-state index is 0.0660. The summed E-state index contributed by atoms with van der Waals surface area (Å²) >= 11 is 0. The molecule has 0 unspecified atom stereocenters. The fourth-order valence-corrected chi connectivity index (χ4v) is 0.0759. The number of rotatable bonds is 3. The van der Waals surface area contributed by atoms with Gasteiger partial charge in [0.05, 0.1) is 7.11 Å². The second-order valence-electron chi connectivity index (χ2n) is 0.585. The molecule has 0 atom stereocenters. The highest BCUT2D eigenvalue weighted by atomic mass is 16.7. The summed E-state index contributed by atoms with van der Waals surface area (Å²) in [5.74, 6) is 0. The van der Waals surface area contributed by atoms with Crippen molar-refractivity contribution < 1.29 is 14.3 Å². The molecule has 0 spiro atoms. The van der Waals surface area contributed by atoms with Crippen LogP contribution in [0.2, 0.25) is 0 Å². The SMILES string of the molecule is [CH2]OCOC=O. The normalized spacial score (nSPS) is 7.50. The molecule has 0 aromatic rings. The Labute approximate surface area is 35.9 Å². The molecule has 0 aliphatic carbocycles. The Morgan fingerprint density at radius 3 is 2.67 bits per heavy atom. The van der Waals surface area contributed by atoms with Crippen LogP contribution in [-0.2, 0) is 14.3 Å². The zero-order valence-electron chi connectivity index (χ0n) is 3.22. The minimum Gasteiger partial charge on any atom is -0.441 e. The smallest absolute Gasteiger partial charge is 0.295 e. The Kier molecular flexibility index (Phi) is 4.01. The van der Waals surface area contributed by atoms with Crippen LogP contribution in [0.5, 0.6) is 0 Å². The van der Waals surface area contributed by atoms with Gasteiger partial charge in [-0.2, -0.15) is 0 Å². The van der Waals surface area contributed by atoms with E-state index in [9.17, 15) is 4.79 Å². The van der Waals surface area contributed by atoms with Gasteiger partial charge in [0.1, 0.15) is 0 Å². The Bertz CT molecular complexity index is 35.0. The van der Waals surface area contributed by atoms with Gasteiger partial charge in [0.25, 0.3) is 6.47 Å². The molecule has 6 heavy (non-hydrogen) atoms. The first-order valence-corrected chi connectivity index (χ1v) is 1.34. The van der Waals surface area contributed by atoms with Crippen LogP contribution in [0.15, 0.2) is 0 Å². The van der Waals surface area contributed by atoms with Crippen LogP contribution in [0.3, 0.4) is 0 Å². The van der Waals surface area contributed by atoms with E-state index in [1.165, 1.54) is 0 Å². The van der Waals surface area contributed by atoms with E-state index in [0.29, 0.717) is 6.47 Å². The molecular formula is C3H5O3. The molecule has 0 rings (SSSR count). The summed E-state index contributed by atoms with van der Waals surface area (Å²) in [4.78, 5) is 9.23. The van der Waals surface area contributed by atoms with Crippen molar-refractivity contribution >= 4 is 6.47 Å². The first-order chi connectivity index (χ1) is 2.91. The Morgan fingerprint density at radius 2 is 2.50 bits per heavy atom. The van der Waals surface area contributed by atoms with Crippen LogP contribution in [0, 0.1) is 7.11 Å². The van der Waals surface area contributed by atoms with Crippen LogP contribution in [0.1, 0.15) is 0 Å². The van der Waals surface area contributed by atoms with Gasteiger partial charge in [-0.05, 0) is 0 Å². The van der Waals surface area contributed by atoms with E-state index in [0.717, 1.165) is 0 Å². The van der Waals surface area contributed by atoms with E-state index in [-0.39, 0.29) is 6.79 Å². The van der Waals surface area contributed by atoms with E-state index >= 15 is 0 Å². The summed E-state index contributed by atoms with van der Waals surface area (Å²) in [7, 11) is 2.94. The lowest BCUT2D eigenvalue weighted by Gasteiger charge is -1.88. The van der Waals surface area contributed by atoms with E-state index in [1.54, 1.807) is 0 Å². The zero-order chi connectivity index (χ0) is 4.83. The first-order valence-electron chi connectivity index (χ1n) is 1.34. The Balaban J connectivity index is 2.49. The van der Waals surface area contributed by atoms with Gasteiger partial charge in [0.15, 0.2) is 6.79 Å². The van der Waals surface area contributed by atoms with Crippen LogP contribution in [0.25, 0.3) is 0 Å². The summed E-state index contributed by atoms with van der Waals surface area (Å²) in [6.07, 6.45) is 0. The van der Waals surface area contributed by atoms with Crippen LogP contribution in [0.4, 0.5) is 0 Å². The maximum Gasteiger partial charge on any atom is 0.295 e. The van der Waals surface area contributed by atoms with Crippen LogP contribution >= 0.6 is 0 Å². The van der Waals surface area contributed by atoms with Crippen molar-refractivity contribution in [2.75, 3.05) is 6.79 Å². The van der Waals surface area contributed by atoms with Gasteiger partial charge >= 0.3 is 0 Å². The molecule has 0 aliphatic rings. The van der Waals surface area contributed by atoms with E-state index in [1.807, 2.05) is 0 Å². The van der Waals surface area contributed by atoms with Gasteiger partial charge in [-0.1, -0.05) is 0 Å². The Hall–Kier alpha value is -0.570. The molecule has 0 fully saturated rings. The second kappa shape index (κ2) is 4.43. The Morgan fingerprint density at radius 1 is 1.83 bits per heavy atom. The van der Waals surface area contributed by atoms with Crippen molar-refractivity contribution in [3.8, 4) is 0 Å². The minimum atomic E-state index is -0.0660. The van der Waals surface area contributed by atoms with Crippen molar-refractivity contribution in [1.82, 2.24) is 0 Å². The van der Waals surface area contributed by atoms with Gasteiger partial charge in [-0.15, -0.1) is 0 Å². The van der Waals surface area contributed by atoms with Crippen LogP contribution in [-0.4, -0.2) is 13.3 Å². The highest BCUT2D eigenvalue weighted by Crippen LogP contribution is 1.64. The molecule has 0 N–H and O–H groups in total. The molecule has 1 radical (unpaired) electrons. The lowest BCUT2D eigenvalue weighted by Crippen LogP contribution is -1.89. The molecule has 0 bridgehead atoms. The average Bonchev–Trinajstić information content (AvgIpc) is 1.61. The molecule has 0 saturated carbocycles. The fraction of sp³-hybridized carbons (Fsp3) is 0.333. The third kappa shape index (κ3) is 3.43. The molecule has 0 aromatic carbocycles. The van der Waals surface area contributed by atoms with Gasteiger partial charge in [-0.25, -0.2) is 0 Å². The molecular weight excluding hydrogens is 84.0 g/mol. The lowest BCUT2D eigenvalue weighted by molar-refractivity contribution is -0.136. The number of carbonyl (C=O) groups is 1. The number of hydrogen-bond acceptors (Lipinski definition) is 3. The van der Waals surface area contributed by atoms with E-state index < -0.39 is 0 Å². The highest BCUT2D eigenvalue weighted by molar-refractivity contribution is 5.36. The molecule has 0 saturated heterocycles. The largest absolute Gasteiger partial charge is 0.441 e. The third-order valence-electron chi connectivity index (χ3n) is 0.219. The maximum atomic E-state index is 9.23. The van der Waals surface area contributed by atoms with Crippen molar-refractivity contribution in [1.29, 1.82) is 0 Å². The summed E-state index contributed by atoms with van der Waals surface area (Å²) in [6, 6.07) is 0. The standard InChI is InChI=1S/C3H5O3/c1-5-3-6-2-4/h2H,1,3H2.